The Morgan fingerprint density at radius 1 is 1.27 bits per heavy atom. The van der Waals surface area contributed by atoms with E-state index in [4.69, 9.17) is 0 Å². The van der Waals surface area contributed by atoms with Gasteiger partial charge in [-0.25, -0.2) is 0 Å². The predicted octanol–water partition coefficient (Wildman–Crippen LogP) is 2.07. The number of rotatable bonds is 6. The summed E-state index contributed by atoms with van der Waals surface area (Å²) in [5, 5.41) is 7.21. The van der Waals surface area contributed by atoms with Crippen LogP contribution in [0, 0.1) is 0 Å². The second-order valence-electron chi connectivity index (χ2n) is 5.62. The summed E-state index contributed by atoms with van der Waals surface area (Å²) in [5.41, 5.74) is 0. The van der Waals surface area contributed by atoms with Crippen LogP contribution >= 0.6 is 35.7 Å². The standard InChI is InChI=1S/C15H28N4OS.HI/c1-2-16-15(18-12-13-6-5-11-21-13)17-8-7-14(20)19-9-3-4-10-19;/h13H,2-12H2,1H3,(H2,16,17,18);1H. The number of nitrogens with one attached hydrogen (secondary N) is 2. The van der Waals surface area contributed by atoms with Crippen molar-refractivity contribution in [3.05, 3.63) is 0 Å². The van der Waals surface area contributed by atoms with Gasteiger partial charge < -0.3 is 15.5 Å². The highest BCUT2D eigenvalue weighted by molar-refractivity contribution is 14.0. The fourth-order valence-corrected chi connectivity index (χ4v) is 3.92. The Hall–Kier alpha value is -0.180. The Kier molecular flexibility index (Phi) is 10.3. The molecule has 2 fully saturated rings. The number of carbonyl (C=O) groups excluding carboxylic acids is 1. The van der Waals surface area contributed by atoms with E-state index in [1.165, 1.54) is 18.6 Å². The second-order valence-corrected chi connectivity index (χ2v) is 7.03. The fraction of sp³-hybridized carbons (Fsp3) is 0.867. The van der Waals surface area contributed by atoms with Crippen LogP contribution < -0.4 is 10.6 Å². The number of aliphatic imine (C=N–C) groups is 1. The van der Waals surface area contributed by atoms with Gasteiger partial charge in [0, 0.05) is 37.8 Å². The summed E-state index contributed by atoms with van der Waals surface area (Å²) in [5.74, 6) is 2.38. The van der Waals surface area contributed by atoms with E-state index in [-0.39, 0.29) is 29.9 Å². The quantitative estimate of drug-likeness (QED) is 0.377. The lowest BCUT2D eigenvalue weighted by Gasteiger charge is -2.16. The highest BCUT2D eigenvalue weighted by Gasteiger charge is 2.17. The third kappa shape index (κ3) is 6.93. The maximum Gasteiger partial charge on any atom is 0.224 e. The summed E-state index contributed by atoms with van der Waals surface area (Å²) in [6, 6.07) is 0. The molecule has 22 heavy (non-hydrogen) atoms. The maximum atomic E-state index is 12.0. The number of guanidine groups is 1. The molecular formula is C15H29IN4OS. The summed E-state index contributed by atoms with van der Waals surface area (Å²) < 4.78 is 0. The Balaban J connectivity index is 0.00000242. The number of hydrogen-bond donors (Lipinski definition) is 2. The molecule has 128 valence electrons. The average Bonchev–Trinajstić information content (AvgIpc) is 3.17. The number of amides is 1. The van der Waals surface area contributed by atoms with Gasteiger partial charge in [-0.05, 0) is 38.4 Å². The molecule has 0 radical (unpaired) electrons. The highest BCUT2D eigenvalue weighted by atomic mass is 127. The minimum atomic E-state index is 0. The first-order valence-electron chi connectivity index (χ1n) is 8.21. The van der Waals surface area contributed by atoms with Gasteiger partial charge in [-0.2, -0.15) is 11.8 Å². The number of halogens is 1. The maximum absolute atomic E-state index is 12.0. The second kappa shape index (κ2) is 11.4. The lowest BCUT2D eigenvalue weighted by Crippen LogP contribution is -2.40. The van der Waals surface area contributed by atoms with Crippen molar-refractivity contribution in [1.29, 1.82) is 0 Å². The molecular weight excluding hydrogens is 411 g/mol. The minimum Gasteiger partial charge on any atom is -0.357 e. The summed E-state index contributed by atoms with van der Waals surface area (Å²) in [4.78, 5) is 18.6. The van der Waals surface area contributed by atoms with Crippen LogP contribution in [0.25, 0.3) is 0 Å². The molecule has 7 heteroatoms. The van der Waals surface area contributed by atoms with Crippen molar-refractivity contribution >= 4 is 47.6 Å². The zero-order valence-corrected chi connectivity index (χ0v) is 16.6. The molecule has 2 aliphatic rings. The van der Waals surface area contributed by atoms with Crippen LogP contribution in [0.3, 0.4) is 0 Å². The van der Waals surface area contributed by atoms with Crippen molar-refractivity contribution in [2.45, 2.75) is 44.3 Å². The summed E-state index contributed by atoms with van der Waals surface area (Å²) in [7, 11) is 0. The smallest absolute Gasteiger partial charge is 0.224 e. The average molecular weight is 440 g/mol. The first kappa shape index (κ1) is 19.9. The van der Waals surface area contributed by atoms with Gasteiger partial charge in [0.15, 0.2) is 5.96 Å². The zero-order valence-electron chi connectivity index (χ0n) is 13.5. The van der Waals surface area contributed by atoms with Crippen LogP contribution in [0.15, 0.2) is 4.99 Å². The van der Waals surface area contributed by atoms with Gasteiger partial charge in [0.05, 0.1) is 6.54 Å². The van der Waals surface area contributed by atoms with Gasteiger partial charge in [-0.15, -0.1) is 24.0 Å². The van der Waals surface area contributed by atoms with Gasteiger partial charge in [0.1, 0.15) is 0 Å². The lowest BCUT2D eigenvalue weighted by molar-refractivity contribution is -0.129. The normalized spacial score (nSPS) is 21.6. The Labute approximate surface area is 155 Å². The molecule has 2 aliphatic heterocycles. The summed E-state index contributed by atoms with van der Waals surface area (Å²) >= 11 is 2.02. The van der Waals surface area contributed by atoms with E-state index < -0.39 is 0 Å². The fourth-order valence-electron chi connectivity index (χ4n) is 2.74. The molecule has 5 nitrogen and oxygen atoms in total. The monoisotopic (exact) mass is 440 g/mol. The third-order valence-electron chi connectivity index (χ3n) is 3.91. The number of likely N-dealkylation sites (tertiary alicyclic amines) is 1. The van der Waals surface area contributed by atoms with Crippen molar-refractivity contribution in [2.24, 2.45) is 4.99 Å². The molecule has 0 aromatic rings. The van der Waals surface area contributed by atoms with Crippen molar-refractivity contribution in [1.82, 2.24) is 15.5 Å². The molecule has 0 aromatic heterocycles. The van der Waals surface area contributed by atoms with Crippen LogP contribution in [0.4, 0.5) is 0 Å². The summed E-state index contributed by atoms with van der Waals surface area (Å²) in [6.45, 7) is 6.33. The molecule has 1 amide bonds. The van der Waals surface area contributed by atoms with E-state index in [0.717, 1.165) is 45.0 Å². The number of carbonyl (C=O) groups is 1. The van der Waals surface area contributed by atoms with E-state index in [1.807, 2.05) is 16.7 Å². The van der Waals surface area contributed by atoms with E-state index in [1.54, 1.807) is 0 Å². The molecule has 0 spiro atoms. The Morgan fingerprint density at radius 3 is 2.68 bits per heavy atom. The Morgan fingerprint density at radius 2 is 2.05 bits per heavy atom. The topological polar surface area (TPSA) is 56.7 Å². The van der Waals surface area contributed by atoms with Crippen LogP contribution in [-0.4, -0.2) is 60.5 Å². The predicted molar refractivity (Wildman–Crippen MR) is 105 cm³/mol. The van der Waals surface area contributed by atoms with Gasteiger partial charge in [0.2, 0.25) is 5.91 Å². The highest BCUT2D eigenvalue weighted by Crippen LogP contribution is 2.25. The Bertz CT molecular complexity index is 355. The molecule has 0 aromatic carbocycles. The van der Waals surface area contributed by atoms with Gasteiger partial charge in [0.25, 0.3) is 0 Å². The van der Waals surface area contributed by atoms with Crippen molar-refractivity contribution in [3.8, 4) is 0 Å². The largest absolute Gasteiger partial charge is 0.357 e. The molecule has 2 rings (SSSR count). The van der Waals surface area contributed by atoms with Crippen LogP contribution in [0.5, 0.6) is 0 Å². The van der Waals surface area contributed by atoms with Crippen LogP contribution in [0.2, 0.25) is 0 Å². The molecule has 0 aliphatic carbocycles. The number of thioether (sulfide) groups is 1. The van der Waals surface area contributed by atoms with E-state index in [0.29, 0.717) is 18.2 Å². The van der Waals surface area contributed by atoms with Crippen LogP contribution in [-0.2, 0) is 4.79 Å². The van der Waals surface area contributed by atoms with Crippen molar-refractivity contribution in [3.63, 3.8) is 0 Å². The molecule has 1 atom stereocenters. The van der Waals surface area contributed by atoms with E-state index in [9.17, 15) is 4.79 Å². The zero-order chi connectivity index (χ0) is 14.9. The van der Waals surface area contributed by atoms with E-state index >= 15 is 0 Å². The van der Waals surface area contributed by atoms with Gasteiger partial charge in [-0.1, -0.05) is 0 Å². The lowest BCUT2D eigenvalue weighted by atomic mass is 10.2. The first-order chi connectivity index (χ1) is 10.3. The molecule has 2 N–H and O–H groups in total. The molecule has 2 heterocycles. The SMILES string of the molecule is CCNC(=NCC1CCCS1)NCCC(=O)N1CCCC1.I. The van der Waals surface area contributed by atoms with E-state index in [2.05, 4.69) is 22.5 Å². The van der Waals surface area contributed by atoms with Crippen LogP contribution in [0.1, 0.15) is 39.0 Å². The van der Waals surface area contributed by atoms with Crippen molar-refractivity contribution < 1.29 is 4.79 Å². The van der Waals surface area contributed by atoms with Gasteiger partial charge in [-0.3, -0.25) is 9.79 Å². The first-order valence-corrected chi connectivity index (χ1v) is 9.26. The summed E-state index contributed by atoms with van der Waals surface area (Å²) in [6.07, 6.45) is 5.47. The molecule has 1 unspecified atom stereocenters. The molecule has 0 bridgehead atoms. The minimum absolute atomic E-state index is 0. The molecule has 2 saturated heterocycles. The molecule has 0 saturated carbocycles. The van der Waals surface area contributed by atoms with Gasteiger partial charge >= 0.3 is 0 Å². The number of hydrogen-bond acceptors (Lipinski definition) is 3. The number of nitrogens with zero attached hydrogens (tertiary/aromatic N) is 2. The third-order valence-corrected chi connectivity index (χ3v) is 5.29. The van der Waals surface area contributed by atoms with Crippen molar-refractivity contribution in [2.75, 3.05) is 38.5 Å².